The summed E-state index contributed by atoms with van der Waals surface area (Å²) in [5.74, 6) is -3.81. The summed E-state index contributed by atoms with van der Waals surface area (Å²) in [5, 5.41) is 9.90. The van der Waals surface area contributed by atoms with E-state index >= 15 is 0 Å². The highest BCUT2D eigenvalue weighted by Crippen LogP contribution is 2.29. The predicted molar refractivity (Wildman–Crippen MR) is 71.2 cm³/mol. The topological polar surface area (TPSA) is 57.9 Å². The van der Waals surface area contributed by atoms with Crippen LogP contribution < -0.4 is 0 Å². The van der Waals surface area contributed by atoms with Gasteiger partial charge in [0.05, 0.1) is 16.7 Å². The van der Waals surface area contributed by atoms with Gasteiger partial charge in [0.15, 0.2) is 15.8 Å². The molecule has 0 N–H and O–H groups in total. The SMILES string of the molecule is N#CC(CS(=O)(=O)c1ccc2ccccc2c1)C(F)(F)F. The predicted octanol–water partition coefficient (Wildman–Crippen LogP) is 3.32. The lowest BCUT2D eigenvalue weighted by Crippen LogP contribution is -2.28. The first kappa shape index (κ1) is 15.3. The number of hydrogen-bond donors (Lipinski definition) is 0. The van der Waals surface area contributed by atoms with E-state index in [2.05, 4.69) is 0 Å². The number of nitrogens with zero attached hydrogens (tertiary/aromatic N) is 1. The van der Waals surface area contributed by atoms with Crippen molar-refractivity contribution in [3.8, 4) is 6.07 Å². The molecule has 0 spiro atoms. The Hall–Kier alpha value is -2.07. The summed E-state index contributed by atoms with van der Waals surface area (Å²) in [6, 6.07) is 12.0. The van der Waals surface area contributed by atoms with Gasteiger partial charge in [-0.25, -0.2) is 8.42 Å². The van der Waals surface area contributed by atoms with Crippen molar-refractivity contribution in [2.24, 2.45) is 5.92 Å². The molecule has 3 nitrogen and oxygen atoms in total. The van der Waals surface area contributed by atoms with Crippen molar-refractivity contribution in [3.05, 3.63) is 42.5 Å². The van der Waals surface area contributed by atoms with Crippen molar-refractivity contribution >= 4 is 20.6 Å². The van der Waals surface area contributed by atoms with Crippen LogP contribution in [0.5, 0.6) is 0 Å². The number of rotatable bonds is 3. The third-order valence-electron chi connectivity index (χ3n) is 3.02. The Bertz CT molecular complexity index is 807. The molecule has 1 unspecified atom stereocenters. The molecule has 1 atom stereocenters. The van der Waals surface area contributed by atoms with Gasteiger partial charge < -0.3 is 0 Å². The lowest BCUT2D eigenvalue weighted by Gasteiger charge is -2.13. The highest BCUT2D eigenvalue weighted by Gasteiger charge is 2.43. The van der Waals surface area contributed by atoms with Crippen molar-refractivity contribution in [2.75, 3.05) is 5.75 Å². The number of nitriles is 1. The monoisotopic (exact) mass is 313 g/mol. The summed E-state index contributed by atoms with van der Waals surface area (Å²) in [6.45, 7) is 0. The summed E-state index contributed by atoms with van der Waals surface area (Å²) in [4.78, 5) is -0.217. The van der Waals surface area contributed by atoms with Gasteiger partial charge in [-0.1, -0.05) is 30.3 Å². The normalized spacial score (nSPS) is 13.8. The average Bonchev–Trinajstić information content (AvgIpc) is 2.43. The van der Waals surface area contributed by atoms with E-state index in [4.69, 9.17) is 5.26 Å². The smallest absolute Gasteiger partial charge is 0.224 e. The van der Waals surface area contributed by atoms with E-state index in [-0.39, 0.29) is 4.90 Å². The zero-order valence-electron chi connectivity index (χ0n) is 10.6. The molecule has 2 aromatic carbocycles. The van der Waals surface area contributed by atoms with Crippen LogP contribution in [0.15, 0.2) is 47.4 Å². The fraction of sp³-hybridized carbons (Fsp3) is 0.214. The standard InChI is InChI=1S/C14H10F3NO2S/c15-14(16,17)12(8-18)9-21(19,20)13-6-5-10-3-1-2-4-11(10)7-13/h1-7,12H,9H2. The van der Waals surface area contributed by atoms with Gasteiger partial charge in [0, 0.05) is 0 Å². The van der Waals surface area contributed by atoms with E-state index in [0.29, 0.717) is 5.39 Å². The van der Waals surface area contributed by atoms with E-state index in [1.807, 2.05) is 0 Å². The maximum Gasteiger partial charge on any atom is 0.405 e. The van der Waals surface area contributed by atoms with Crippen LogP contribution in [0.2, 0.25) is 0 Å². The zero-order chi connectivity index (χ0) is 15.7. The number of fused-ring (bicyclic) bond motifs is 1. The van der Waals surface area contributed by atoms with Crippen molar-refractivity contribution in [3.63, 3.8) is 0 Å². The van der Waals surface area contributed by atoms with Crippen molar-refractivity contribution in [1.29, 1.82) is 5.26 Å². The molecule has 0 heterocycles. The zero-order valence-corrected chi connectivity index (χ0v) is 11.4. The van der Waals surface area contributed by atoms with Gasteiger partial charge in [0.1, 0.15) is 0 Å². The second kappa shape index (κ2) is 5.37. The van der Waals surface area contributed by atoms with Crippen LogP contribution >= 0.6 is 0 Å². The summed E-state index contributed by atoms with van der Waals surface area (Å²) >= 11 is 0. The summed E-state index contributed by atoms with van der Waals surface area (Å²) < 4.78 is 61.7. The maximum absolute atomic E-state index is 12.5. The second-order valence-electron chi connectivity index (χ2n) is 4.51. The fourth-order valence-electron chi connectivity index (χ4n) is 1.88. The Balaban J connectivity index is 2.40. The highest BCUT2D eigenvalue weighted by atomic mass is 32.2. The van der Waals surface area contributed by atoms with Crippen molar-refractivity contribution in [2.45, 2.75) is 11.1 Å². The van der Waals surface area contributed by atoms with Gasteiger partial charge in [-0.2, -0.15) is 18.4 Å². The van der Waals surface area contributed by atoms with Crippen molar-refractivity contribution in [1.82, 2.24) is 0 Å². The number of alkyl halides is 3. The Labute approximate surface area is 119 Å². The lowest BCUT2D eigenvalue weighted by molar-refractivity contribution is -0.153. The maximum atomic E-state index is 12.5. The third-order valence-corrected chi connectivity index (χ3v) is 4.76. The number of halogens is 3. The van der Waals surface area contributed by atoms with Crippen molar-refractivity contribution < 1.29 is 21.6 Å². The molecule has 0 fully saturated rings. The van der Waals surface area contributed by atoms with E-state index in [1.54, 1.807) is 24.3 Å². The first-order chi connectivity index (χ1) is 9.74. The minimum absolute atomic E-state index is 0.217. The van der Waals surface area contributed by atoms with Gasteiger partial charge in [-0.3, -0.25) is 0 Å². The number of benzene rings is 2. The molecule has 0 bridgehead atoms. The molecule has 0 radical (unpaired) electrons. The molecule has 2 rings (SSSR count). The molecule has 0 aromatic heterocycles. The summed E-state index contributed by atoms with van der Waals surface area (Å²) in [7, 11) is -4.19. The molecule has 0 aliphatic carbocycles. The van der Waals surface area contributed by atoms with E-state index < -0.39 is 27.7 Å². The Morgan fingerprint density at radius 2 is 1.71 bits per heavy atom. The van der Waals surface area contributed by atoms with Crippen LogP contribution in [0.4, 0.5) is 13.2 Å². The van der Waals surface area contributed by atoms with Gasteiger partial charge in [-0.05, 0) is 22.9 Å². The molecule has 0 amide bonds. The van der Waals surface area contributed by atoms with E-state index in [1.165, 1.54) is 18.2 Å². The van der Waals surface area contributed by atoms with Crippen LogP contribution in [0.25, 0.3) is 10.8 Å². The molecule has 2 aromatic rings. The molecule has 0 aliphatic heterocycles. The summed E-state index contributed by atoms with van der Waals surface area (Å²) in [5.41, 5.74) is 0. The van der Waals surface area contributed by atoms with Crippen LogP contribution in [-0.2, 0) is 9.84 Å². The molecular formula is C14H10F3NO2S. The van der Waals surface area contributed by atoms with Gasteiger partial charge in [0.2, 0.25) is 0 Å². The molecule has 110 valence electrons. The minimum atomic E-state index is -4.86. The molecule has 0 saturated carbocycles. The first-order valence-corrected chi connectivity index (χ1v) is 7.57. The largest absolute Gasteiger partial charge is 0.405 e. The highest BCUT2D eigenvalue weighted by molar-refractivity contribution is 7.91. The van der Waals surface area contributed by atoms with E-state index in [0.717, 1.165) is 11.5 Å². The third kappa shape index (κ3) is 3.34. The first-order valence-electron chi connectivity index (χ1n) is 5.92. The average molecular weight is 313 g/mol. The van der Waals surface area contributed by atoms with Crippen LogP contribution in [0.1, 0.15) is 0 Å². The van der Waals surface area contributed by atoms with Crippen LogP contribution in [-0.4, -0.2) is 20.3 Å². The van der Waals surface area contributed by atoms with Crippen LogP contribution in [0, 0.1) is 17.2 Å². The van der Waals surface area contributed by atoms with Gasteiger partial charge in [-0.15, -0.1) is 0 Å². The Kier molecular flexibility index (Phi) is 3.92. The lowest BCUT2D eigenvalue weighted by atomic mass is 10.1. The number of hydrogen-bond acceptors (Lipinski definition) is 3. The molecular weight excluding hydrogens is 303 g/mol. The fourth-order valence-corrected chi connectivity index (χ4v) is 3.36. The van der Waals surface area contributed by atoms with E-state index in [9.17, 15) is 21.6 Å². The second-order valence-corrected chi connectivity index (χ2v) is 6.55. The molecule has 7 heteroatoms. The quantitative estimate of drug-likeness (QED) is 0.873. The molecule has 0 aliphatic rings. The van der Waals surface area contributed by atoms with Gasteiger partial charge in [0.25, 0.3) is 0 Å². The summed E-state index contributed by atoms with van der Waals surface area (Å²) in [6.07, 6.45) is -4.86. The molecule has 21 heavy (non-hydrogen) atoms. The molecule has 0 saturated heterocycles. The Morgan fingerprint density at radius 3 is 2.29 bits per heavy atom. The Morgan fingerprint density at radius 1 is 1.10 bits per heavy atom. The minimum Gasteiger partial charge on any atom is -0.224 e. The van der Waals surface area contributed by atoms with Gasteiger partial charge >= 0.3 is 6.18 Å². The number of sulfone groups is 1. The van der Waals surface area contributed by atoms with Crippen LogP contribution in [0.3, 0.4) is 0 Å².